The van der Waals surface area contributed by atoms with Gasteiger partial charge in [-0.1, -0.05) is 0 Å². The molecule has 2 N–H and O–H groups in total. The maximum atomic E-state index is 12.1. The number of carbonyl (C=O) groups is 1. The molecule has 1 saturated heterocycles. The minimum absolute atomic E-state index is 0.146. The van der Waals surface area contributed by atoms with Gasteiger partial charge in [-0.05, 0) is 58.4 Å². The molecule has 0 unspecified atom stereocenters. The fourth-order valence-corrected chi connectivity index (χ4v) is 3.16. The van der Waals surface area contributed by atoms with E-state index in [1.165, 1.54) is 5.69 Å². The first-order valence-corrected chi connectivity index (χ1v) is 10.1. The predicted molar refractivity (Wildman–Crippen MR) is 117 cm³/mol. The standard InChI is InChI=1S/C21H31N7O/c1-26(2)10-4-9-22-20(29)17-15-23-21(24-16-17)25-18-5-7-19(8-6-18)28-13-11-27(3)12-14-28/h5-8,15-16H,4,9-14H2,1-3H3,(H,22,29)(H,23,24,25). The summed E-state index contributed by atoms with van der Waals surface area (Å²) in [5.41, 5.74) is 2.61. The summed E-state index contributed by atoms with van der Waals surface area (Å²) in [6.45, 7) is 5.84. The second kappa shape index (κ2) is 10.2. The fourth-order valence-electron chi connectivity index (χ4n) is 3.16. The van der Waals surface area contributed by atoms with Crippen LogP contribution in [-0.4, -0.2) is 86.1 Å². The van der Waals surface area contributed by atoms with Crippen molar-refractivity contribution < 1.29 is 4.79 Å². The minimum Gasteiger partial charge on any atom is -0.369 e. The van der Waals surface area contributed by atoms with Crippen molar-refractivity contribution in [2.75, 3.05) is 70.6 Å². The van der Waals surface area contributed by atoms with Gasteiger partial charge in [0.05, 0.1) is 5.56 Å². The second-order valence-corrected chi connectivity index (χ2v) is 7.67. The lowest BCUT2D eigenvalue weighted by atomic mass is 10.2. The van der Waals surface area contributed by atoms with E-state index < -0.39 is 0 Å². The largest absolute Gasteiger partial charge is 0.369 e. The van der Waals surface area contributed by atoms with Gasteiger partial charge in [0.25, 0.3) is 5.91 Å². The van der Waals surface area contributed by atoms with Crippen molar-refractivity contribution in [3.05, 3.63) is 42.2 Å². The van der Waals surface area contributed by atoms with Gasteiger partial charge in [0, 0.05) is 56.5 Å². The van der Waals surface area contributed by atoms with Crippen LogP contribution in [-0.2, 0) is 0 Å². The molecule has 0 radical (unpaired) electrons. The van der Waals surface area contributed by atoms with Crippen molar-refractivity contribution in [2.45, 2.75) is 6.42 Å². The quantitative estimate of drug-likeness (QED) is 0.656. The Bertz CT molecular complexity index is 769. The van der Waals surface area contributed by atoms with E-state index in [4.69, 9.17) is 0 Å². The van der Waals surface area contributed by atoms with Crippen LogP contribution < -0.4 is 15.5 Å². The smallest absolute Gasteiger partial charge is 0.254 e. The topological polar surface area (TPSA) is 76.6 Å². The molecule has 29 heavy (non-hydrogen) atoms. The number of likely N-dealkylation sites (N-methyl/N-ethyl adjacent to an activating group) is 1. The molecule has 0 bridgehead atoms. The Labute approximate surface area is 172 Å². The number of anilines is 3. The van der Waals surface area contributed by atoms with Crippen molar-refractivity contribution in [1.82, 2.24) is 25.1 Å². The zero-order chi connectivity index (χ0) is 20.6. The molecular weight excluding hydrogens is 366 g/mol. The third kappa shape index (κ3) is 6.40. The lowest BCUT2D eigenvalue weighted by Gasteiger charge is -2.34. The molecule has 1 fully saturated rings. The molecule has 1 aliphatic rings. The highest BCUT2D eigenvalue weighted by Gasteiger charge is 2.14. The normalized spacial score (nSPS) is 14.8. The van der Waals surface area contributed by atoms with E-state index in [0.717, 1.165) is 44.8 Å². The Morgan fingerprint density at radius 1 is 1.07 bits per heavy atom. The predicted octanol–water partition coefficient (Wildman–Crippen LogP) is 1.65. The van der Waals surface area contributed by atoms with E-state index in [1.54, 1.807) is 12.4 Å². The number of piperazine rings is 1. The van der Waals surface area contributed by atoms with Crippen LogP contribution in [0.25, 0.3) is 0 Å². The summed E-state index contributed by atoms with van der Waals surface area (Å²) in [6.07, 6.45) is 4.01. The number of nitrogens with zero attached hydrogens (tertiary/aromatic N) is 5. The first-order valence-electron chi connectivity index (χ1n) is 10.1. The van der Waals surface area contributed by atoms with E-state index in [9.17, 15) is 4.79 Å². The zero-order valence-electron chi connectivity index (χ0n) is 17.6. The SMILES string of the molecule is CN(C)CCCNC(=O)c1cnc(Nc2ccc(N3CCN(C)CC3)cc2)nc1. The highest BCUT2D eigenvalue weighted by atomic mass is 16.1. The number of aromatic nitrogens is 2. The van der Waals surface area contributed by atoms with Gasteiger partial charge in [-0.3, -0.25) is 4.79 Å². The van der Waals surface area contributed by atoms with Crippen LogP contribution in [0.2, 0.25) is 0 Å². The van der Waals surface area contributed by atoms with E-state index in [0.29, 0.717) is 18.1 Å². The average Bonchev–Trinajstić information content (AvgIpc) is 2.73. The summed E-state index contributed by atoms with van der Waals surface area (Å²) in [4.78, 5) is 27.5. The van der Waals surface area contributed by atoms with E-state index >= 15 is 0 Å². The number of hydrogen-bond acceptors (Lipinski definition) is 7. The fraction of sp³-hybridized carbons (Fsp3) is 0.476. The molecule has 2 heterocycles. The number of carbonyl (C=O) groups excluding carboxylic acids is 1. The molecule has 0 spiro atoms. The molecule has 1 amide bonds. The molecule has 0 saturated carbocycles. The zero-order valence-corrected chi connectivity index (χ0v) is 17.6. The second-order valence-electron chi connectivity index (χ2n) is 7.67. The van der Waals surface area contributed by atoms with E-state index in [1.807, 2.05) is 26.2 Å². The van der Waals surface area contributed by atoms with Crippen molar-refractivity contribution in [3.63, 3.8) is 0 Å². The Morgan fingerprint density at radius 3 is 2.34 bits per heavy atom. The third-order valence-corrected chi connectivity index (χ3v) is 4.97. The lowest BCUT2D eigenvalue weighted by Crippen LogP contribution is -2.44. The summed E-state index contributed by atoms with van der Waals surface area (Å²) in [6, 6.07) is 8.29. The highest BCUT2D eigenvalue weighted by molar-refractivity contribution is 5.93. The van der Waals surface area contributed by atoms with Gasteiger partial charge in [-0.2, -0.15) is 0 Å². The van der Waals surface area contributed by atoms with Gasteiger partial charge in [-0.25, -0.2) is 9.97 Å². The van der Waals surface area contributed by atoms with Gasteiger partial charge in [0.1, 0.15) is 0 Å². The highest BCUT2D eigenvalue weighted by Crippen LogP contribution is 2.20. The van der Waals surface area contributed by atoms with Crippen molar-refractivity contribution in [2.24, 2.45) is 0 Å². The Hall–Kier alpha value is -2.71. The maximum Gasteiger partial charge on any atom is 0.254 e. The summed E-state index contributed by atoms with van der Waals surface area (Å²) < 4.78 is 0. The number of rotatable bonds is 8. The molecule has 1 aromatic heterocycles. The van der Waals surface area contributed by atoms with Crippen LogP contribution in [0.15, 0.2) is 36.7 Å². The van der Waals surface area contributed by atoms with Crippen LogP contribution >= 0.6 is 0 Å². The Balaban J connectivity index is 1.49. The number of benzene rings is 1. The van der Waals surface area contributed by atoms with Crippen molar-refractivity contribution in [1.29, 1.82) is 0 Å². The summed E-state index contributed by atoms with van der Waals surface area (Å²) in [5, 5.41) is 6.08. The molecule has 8 nitrogen and oxygen atoms in total. The molecule has 0 atom stereocenters. The first-order chi connectivity index (χ1) is 14.0. The summed E-state index contributed by atoms with van der Waals surface area (Å²) >= 11 is 0. The van der Waals surface area contributed by atoms with Crippen LogP contribution in [0.1, 0.15) is 16.8 Å². The van der Waals surface area contributed by atoms with Gasteiger partial charge in [0.15, 0.2) is 0 Å². The van der Waals surface area contributed by atoms with Crippen LogP contribution in [0, 0.1) is 0 Å². The molecule has 0 aliphatic carbocycles. The molecule has 156 valence electrons. The van der Waals surface area contributed by atoms with Crippen LogP contribution in [0.3, 0.4) is 0 Å². The van der Waals surface area contributed by atoms with E-state index in [2.05, 4.69) is 54.5 Å². The Morgan fingerprint density at radius 2 is 1.72 bits per heavy atom. The monoisotopic (exact) mass is 397 g/mol. The average molecular weight is 398 g/mol. The van der Waals surface area contributed by atoms with Crippen LogP contribution in [0.4, 0.5) is 17.3 Å². The first kappa shape index (κ1) is 21.0. The molecule has 8 heteroatoms. The van der Waals surface area contributed by atoms with Gasteiger partial charge in [-0.15, -0.1) is 0 Å². The van der Waals surface area contributed by atoms with Gasteiger partial charge < -0.3 is 25.3 Å². The molecular formula is C21H31N7O. The van der Waals surface area contributed by atoms with Crippen LogP contribution in [0.5, 0.6) is 0 Å². The van der Waals surface area contributed by atoms with Crippen molar-refractivity contribution >= 4 is 23.2 Å². The van der Waals surface area contributed by atoms with Crippen molar-refractivity contribution in [3.8, 4) is 0 Å². The number of nitrogens with one attached hydrogen (secondary N) is 2. The third-order valence-electron chi connectivity index (χ3n) is 4.97. The number of amides is 1. The van der Waals surface area contributed by atoms with E-state index in [-0.39, 0.29) is 5.91 Å². The molecule has 3 rings (SSSR count). The molecule has 1 aliphatic heterocycles. The van der Waals surface area contributed by atoms with Gasteiger partial charge >= 0.3 is 0 Å². The summed E-state index contributed by atoms with van der Waals surface area (Å²) in [5.74, 6) is 0.327. The maximum absolute atomic E-state index is 12.1. The molecule has 2 aromatic rings. The number of hydrogen-bond donors (Lipinski definition) is 2. The lowest BCUT2D eigenvalue weighted by molar-refractivity contribution is 0.0951. The summed E-state index contributed by atoms with van der Waals surface area (Å²) in [7, 11) is 6.19. The minimum atomic E-state index is -0.146. The Kier molecular flexibility index (Phi) is 7.37. The molecule has 1 aromatic carbocycles. The van der Waals surface area contributed by atoms with Gasteiger partial charge in [0.2, 0.25) is 5.95 Å².